The van der Waals surface area contributed by atoms with Gasteiger partial charge in [0, 0.05) is 19.1 Å². The molecule has 6 heteroatoms. The molecule has 0 saturated heterocycles. The van der Waals surface area contributed by atoms with Gasteiger partial charge in [-0.3, -0.25) is 5.43 Å². The van der Waals surface area contributed by atoms with Crippen LogP contribution in [-0.2, 0) is 0 Å². The first kappa shape index (κ1) is 18.8. The number of nitrogens with zero attached hydrogens (tertiary/aromatic N) is 1. The zero-order chi connectivity index (χ0) is 14.3. The third-order valence-electron chi connectivity index (χ3n) is 3.14. The lowest BCUT2D eigenvalue weighted by Gasteiger charge is -2.29. The molecule has 19 heavy (non-hydrogen) atoms. The minimum Gasteiger partial charge on any atom is -0.330 e. The van der Waals surface area contributed by atoms with E-state index >= 15 is 0 Å². The average molecular weight is 274 g/mol. The lowest BCUT2D eigenvalue weighted by atomic mass is 10.1. The zero-order valence-electron chi connectivity index (χ0n) is 12.3. The van der Waals surface area contributed by atoms with Gasteiger partial charge in [0.05, 0.1) is 0 Å². The van der Waals surface area contributed by atoms with Gasteiger partial charge in [-0.05, 0) is 64.7 Å². The molecule has 6 nitrogen and oxygen atoms in total. The van der Waals surface area contributed by atoms with Gasteiger partial charge in [-0.15, -0.1) is 0 Å². The molecular weight excluding hydrogens is 240 g/mol. The normalized spacial score (nSPS) is 11.7. The van der Waals surface area contributed by atoms with Gasteiger partial charge in [0.15, 0.2) is 0 Å². The van der Waals surface area contributed by atoms with Crippen molar-refractivity contribution in [1.82, 2.24) is 10.4 Å². The predicted molar refractivity (Wildman–Crippen MR) is 82.4 cm³/mol. The van der Waals surface area contributed by atoms with E-state index in [0.717, 1.165) is 77.8 Å². The Morgan fingerprint density at radius 1 is 0.684 bits per heavy atom. The van der Waals surface area contributed by atoms with Crippen LogP contribution in [0.5, 0.6) is 0 Å². The Hall–Kier alpha value is -0.240. The minimum atomic E-state index is 0.461. The quantitative estimate of drug-likeness (QED) is 0.268. The fourth-order valence-electron chi connectivity index (χ4n) is 2.07. The summed E-state index contributed by atoms with van der Waals surface area (Å²) >= 11 is 0. The van der Waals surface area contributed by atoms with Crippen LogP contribution in [0.4, 0.5) is 0 Å². The molecule has 0 aliphatic heterocycles. The van der Waals surface area contributed by atoms with Gasteiger partial charge in [0.25, 0.3) is 0 Å². The van der Waals surface area contributed by atoms with E-state index in [1.165, 1.54) is 0 Å². The molecule has 0 atom stereocenters. The number of rotatable bonds is 14. The summed E-state index contributed by atoms with van der Waals surface area (Å²) < 4.78 is 0. The van der Waals surface area contributed by atoms with Crippen LogP contribution in [0.25, 0.3) is 0 Å². The zero-order valence-corrected chi connectivity index (χ0v) is 12.3. The monoisotopic (exact) mass is 274 g/mol. The summed E-state index contributed by atoms with van der Waals surface area (Å²) in [6, 6.07) is 0.461. The first-order valence-electron chi connectivity index (χ1n) is 7.59. The summed E-state index contributed by atoms with van der Waals surface area (Å²) in [6.45, 7) is 4.86. The van der Waals surface area contributed by atoms with Crippen molar-refractivity contribution < 1.29 is 0 Å². The first-order valence-corrected chi connectivity index (χ1v) is 7.59. The van der Waals surface area contributed by atoms with Gasteiger partial charge in [0.2, 0.25) is 0 Å². The maximum atomic E-state index is 5.60. The van der Waals surface area contributed by atoms with E-state index in [4.69, 9.17) is 22.9 Å². The minimum absolute atomic E-state index is 0.461. The molecule has 0 aromatic rings. The lowest BCUT2D eigenvalue weighted by molar-refractivity contribution is 0.144. The summed E-state index contributed by atoms with van der Waals surface area (Å²) in [5.41, 5.74) is 26.0. The Morgan fingerprint density at radius 3 is 1.47 bits per heavy atom. The van der Waals surface area contributed by atoms with Gasteiger partial charge in [-0.1, -0.05) is 0 Å². The Labute approximate surface area is 118 Å². The molecule has 116 valence electrons. The largest absolute Gasteiger partial charge is 0.330 e. The molecule has 0 rings (SSSR count). The van der Waals surface area contributed by atoms with Crippen molar-refractivity contribution in [2.24, 2.45) is 22.9 Å². The molecule has 0 heterocycles. The van der Waals surface area contributed by atoms with E-state index in [1.807, 2.05) is 0 Å². The average Bonchev–Trinajstić information content (AvgIpc) is 2.44. The van der Waals surface area contributed by atoms with E-state index in [2.05, 4.69) is 10.4 Å². The molecule has 0 bridgehead atoms. The molecule has 0 aliphatic rings. The van der Waals surface area contributed by atoms with Gasteiger partial charge >= 0.3 is 0 Å². The topological polar surface area (TPSA) is 119 Å². The number of hydrogen-bond donors (Lipinski definition) is 5. The molecular formula is C13H34N6. The van der Waals surface area contributed by atoms with E-state index in [-0.39, 0.29) is 0 Å². The van der Waals surface area contributed by atoms with Gasteiger partial charge in [-0.25, -0.2) is 5.01 Å². The Morgan fingerprint density at radius 2 is 1.11 bits per heavy atom. The SMILES string of the molecule is NCCCC(CCCN)NN(CCCN)CCCN. The second-order valence-electron chi connectivity index (χ2n) is 4.96. The molecule has 0 unspecified atom stereocenters. The van der Waals surface area contributed by atoms with Crippen molar-refractivity contribution >= 4 is 0 Å². The van der Waals surface area contributed by atoms with Crippen LogP contribution in [0.1, 0.15) is 38.5 Å². The molecule has 0 aromatic carbocycles. The maximum Gasteiger partial charge on any atom is 0.0216 e. The highest BCUT2D eigenvalue weighted by atomic mass is 15.5. The third kappa shape index (κ3) is 11.3. The fourth-order valence-corrected chi connectivity index (χ4v) is 2.07. The van der Waals surface area contributed by atoms with E-state index in [9.17, 15) is 0 Å². The van der Waals surface area contributed by atoms with Crippen molar-refractivity contribution in [3.63, 3.8) is 0 Å². The maximum absolute atomic E-state index is 5.60. The predicted octanol–water partition coefficient (Wildman–Crippen LogP) is -0.663. The van der Waals surface area contributed by atoms with E-state index in [0.29, 0.717) is 6.04 Å². The standard InChI is InChI=1S/C13H34N6/c14-7-1-5-13(6-2-8-15)18-19(11-3-9-16)12-4-10-17/h13,18H,1-12,14-17H2. The van der Waals surface area contributed by atoms with Crippen LogP contribution >= 0.6 is 0 Å². The van der Waals surface area contributed by atoms with Crippen LogP contribution in [-0.4, -0.2) is 50.3 Å². The number of nitrogens with one attached hydrogen (secondary N) is 1. The smallest absolute Gasteiger partial charge is 0.0216 e. The second-order valence-corrected chi connectivity index (χ2v) is 4.96. The van der Waals surface area contributed by atoms with Crippen LogP contribution < -0.4 is 28.4 Å². The summed E-state index contributed by atoms with van der Waals surface area (Å²) in [4.78, 5) is 0. The Bertz CT molecular complexity index is 145. The summed E-state index contributed by atoms with van der Waals surface area (Å²) in [7, 11) is 0. The molecule has 9 N–H and O–H groups in total. The van der Waals surface area contributed by atoms with Gasteiger partial charge < -0.3 is 22.9 Å². The second kappa shape index (κ2) is 14.2. The van der Waals surface area contributed by atoms with Crippen molar-refractivity contribution in [3.8, 4) is 0 Å². The molecule has 0 radical (unpaired) electrons. The van der Waals surface area contributed by atoms with Crippen LogP contribution in [0, 0.1) is 0 Å². The number of hydrogen-bond acceptors (Lipinski definition) is 6. The number of nitrogens with two attached hydrogens (primary N) is 4. The van der Waals surface area contributed by atoms with Crippen LogP contribution in [0.2, 0.25) is 0 Å². The fraction of sp³-hybridized carbons (Fsp3) is 1.00. The highest BCUT2D eigenvalue weighted by Gasteiger charge is 2.12. The molecule has 0 fully saturated rings. The lowest BCUT2D eigenvalue weighted by Crippen LogP contribution is -2.46. The van der Waals surface area contributed by atoms with Crippen molar-refractivity contribution in [3.05, 3.63) is 0 Å². The third-order valence-corrected chi connectivity index (χ3v) is 3.14. The Balaban J connectivity index is 4.16. The highest BCUT2D eigenvalue weighted by Crippen LogP contribution is 2.06. The van der Waals surface area contributed by atoms with Gasteiger partial charge in [0.1, 0.15) is 0 Å². The molecule has 0 aromatic heterocycles. The summed E-state index contributed by atoms with van der Waals surface area (Å²) in [6.07, 6.45) is 6.28. The molecule has 0 aliphatic carbocycles. The molecule has 0 amide bonds. The van der Waals surface area contributed by atoms with E-state index < -0.39 is 0 Å². The van der Waals surface area contributed by atoms with E-state index in [1.54, 1.807) is 0 Å². The van der Waals surface area contributed by atoms with Crippen molar-refractivity contribution in [1.29, 1.82) is 0 Å². The number of hydrazine groups is 1. The summed E-state index contributed by atoms with van der Waals surface area (Å²) in [5, 5.41) is 2.26. The van der Waals surface area contributed by atoms with Crippen molar-refractivity contribution in [2.45, 2.75) is 44.6 Å². The molecule has 0 spiro atoms. The molecule has 0 saturated carbocycles. The van der Waals surface area contributed by atoms with Crippen LogP contribution in [0.15, 0.2) is 0 Å². The summed E-state index contributed by atoms with van der Waals surface area (Å²) in [5.74, 6) is 0. The Kier molecular flexibility index (Phi) is 14.0. The highest BCUT2D eigenvalue weighted by molar-refractivity contribution is 4.68. The van der Waals surface area contributed by atoms with Crippen LogP contribution in [0.3, 0.4) is 0 Å². The van der Waals surface area contributed by atoms with Gasteiger partial charge in [-0.2, -0.15) is 0 Å². The van der Waals surface area contributed by atoms with Crippen molar-refractivity contribution in [2.75, 3.05) is 39.3 Å². The first-order chi connectivity index (χ1) is 9.28.